The van der Waals surface area contributed by atoms with Crippen LogP contribution in [0.4, 0.5) is 0 Å². The number of hydrogen-bond acceptors (Lipinski definition) is 7. The maximum absolute atomic E-state index is 12.0. The van der Waals surface area contributed by atoms with Crippen molar-refractivity contribution in [2.24, 2.45) is 0 Å². The molecule has 3 aromatic rings. The fraction of sp³-hybridized carbons (Fsp3) is 0.357. The number of hydrogen-bond donors (Lipinski definition) is 0. The third kappa shape index (κ3) is 2.70. The van der Waals surface area contributed by atoms with E-state index < -0.39 is 0 Å². The zero-order chi connectivity index (χ0) is 14.9. The van der Waals surface area contributed by atoms with Gasteiger partial charge in [-0.25, -0.2) is 9.97 Å². The predicted octanol–water partition coefficient (Wildman–Crippen LogP) is 1.79. The summed E-state index contributed by atoms with van der Waals surface area (Å²) in [6.07, 6.45) is 3.57. The minimum atomic E-state index is -0.0222. The largest absolute Gasteiger partial charge is 0.368 e. The first kappa shape index (κ1) is 14.0. The lowest BCUT2D eigenvalue weighted by molar-refractivity contribution is -0.0333. The van der Waals surface area contributed by atoms with E-state index in [0.717, 1.165) is 28.8 Å². The second kappa shape index (κ2) is 5.88. The fourth-order valence-electron chi connectivity index (χ4n) is 2.59. The number of fused-ring (bicyclic) bond motifs is 1. The molecule has 3 aromatic heterocycles. The molecule has 0 radical (unpaired) electrons. The molecule has 0 aromatic carbocycles. The highest BCUT2D eigenvalue weighted by atomic mass is 32.1. The van der Waals surface area contributed by atoms with Gasteiger partial charge in [-0.15, -0.1) is 22.7 Å². The highest BCUT2D eigenvalue weighted by molar-refractivity contribution is 7.15. The van der Waals surface area contributed by atoms with Crippen LogP contribution in [0.5, 0.6) is 0 Å². The summed E-state index contributed by atoms with van der Waals surface area (Å²) in [6, 6.07) is 1.62. The molecule has 0 aliphatic carbocycles. The van der Waals surface area contributed by atoms with E-state index in [9.17, 15) is 4.79 Å². The molecule has 0 bridgehead atoms. The van der Waals surface area contributed by atoms with Gasteiger partial charge >= 0.3 is 0 Å². The normalized spacial score (nSPS) is 19.7. The van der Waals surface area contributed by atoms with Crippen LogP contribution in [-0.2, 0) is 11.3 Å². The van der Waals surface area contributed by atoms with Gasteiger partial charge in [0.05, 0.1) is 12.3 Å². The Hall–Kier alpha value is -1.61. The average Bonchev–Trinajstić information content (AvgIpc) is 3.19. The maximum atomic E-state index is 12.0. The molecule has 8 heteroatoms. The van der Waals surface area contributed by atoms with E-state index in [1.165, 1.54) is 11.3 Å². The van der Waals surface area contributed by atoms with Crippen molar-refractivity contribution >= 4 is 27.6 Å². The molecule has 1 atom stereocenters. The Balaban J connectivity index is 1.53. The van der Waals surface area contributed by atoms with Crippen LogP contribution in [0.3, 0.4) is 0 Å². The minimum absolute atomic E-state index is 0.0142. The third-order valence-electron chi connectivity index (χ3n) is 3.62. The molecule has 4 rings (SSSR count). The molecule has 1 saturated heterocycles. The SMILES string of the molecule is O=c1cc(CN2CCO[C@@H](c3nccs3)C2)nc2sccn12. The van der Waals surface area contributed by atoms with Crippen LogP contribution >= 0.6 is 22.7 Å². The maximum Gasteiger partial charge on any atom is 0.258 e. The number of aromatic nitrogens is 3. The smallest absolute Gasteiger partial charge is 0.258 e. The molecule has 114 valence electrons. The molecule has 0 amide bonds. The third-order valence-corrected chi connectivity index (χ3v) is 5.24. The van der Waals surface area contributed by atoms with Gasteiger partial charge in [0.15, 0.2) is 4.96 Å². The van der Waals surface area contributed by atoms with Gasteiger partial charge < -0.3 is 4.74 Å². The Kier molecular flexibility index (Phi) is 3.75. The van der Waals surface area contributed by atoms with Crippen molar-refractivity contribution in [3.8, 4) is 0 Å². The summed E-state index contributed by atoms with van der Waals surface area (Å²) in [7, 11) is 0. The van der Waals surface area contributed by atoms with Crippen LogP contribution in [0.15, 0.2) is 34.0 Å². The molecule has 4 heterocycles. The molecule has 1 fully saturated rings. The van der Waals surface area contributed by atoms with Crippen LogP contribution in [-0.4, -0.2) is 39.0 Å². The van der Waals surface area contributed by atoms with Gasteiger partial charge in [-0.2, -0.15) is 0 Å². The zero-order valence-electron chi connectivity index (χ0n) is 11.7. The highest BCUT2D eigenvalue weighted by Gasteiger charge is 2.24. The number of ether oxygens (including phenoxy) is 1. The van der Waals surface area contributed by atoms with Crippen molar-refractivity contribution in [2.45, 2.75) is 12.6 Å². The summed E-state index contributed by atoms with van der Waals surface area (Å²) in [5, 5.41) is 4.84. The Morgan fingerprint density at radius 1 is 1.36 bits per heavy atom. The summed E-state index contributed by atoms with van der Waals surface area (Å²) >= 11 is 3.09. The molecule has 1 aliphatic rings. The van der Waals surface area contributed by atoms with Crippen molar-refractivity contribution in [3.05, 3.63) is 50.3 Å². The van der Waals surface area contributed by atoms with Gasteiger partial charge in [-0.1, -0.05) is 0 Å². The summed E-state index contributed by atoms with van der Waals surface area (Å²) in [4.78, 5) is 23.9. The first-order chi connectivity index (χ1) is 10.8. The molecule has 6 nitrogen and oxygen atoms in total. The summed E-state index contributed by atoms with van der Waals surface area (Å²) in [6.45, 7) is 2.95. The number of morpholine rings is 1. The quantitative estimate of drug-likeness (QED) is 0.731. The molecule has 22 heavy (non-hydrogen) atoms. The molecular formula is C14H14N4O2S2. The molecular weight excluding hydrogens is 320 g/mol. The molecule has 1 aliphatic heterocycles. The van der Waals surface area contributed by atoms with E-state index in [-0.39, 0.29) is 11.7 Å². The van der Waals surface area contributed by atoms with Crippen LogP contribution in [0.1, 0.15) is 16.8 Å². The Morgan fingerprint density at radius 3 is 3.18 bits per heavy atom. The highest BCUT2D eigenvalue weighted by Crippen LogP contribution is 2.24. The lowest BCUT2D eigenvalue weighted by Crippen LogP contribution is -2.38. The first-order valence-electron chi connectivity index (χ1n) is 6.99. The van der Waals surface area contributed by atoms with Gasteiger partial charge in [0.25, 0.3) is 5.56 Å². The van der Waals surface area contributed by atoms with Crippen molar-refractivity contribution in [1.82, 2.24) is 19.3 Å². The van der Waals surface area contributed by atoms with Crippen LogP contribution in [0.25, 0.3) is 4.96 Å². The molecule has 0 saturated carbocycles. The monoisotopic (exact) mass is 334 g/mol. The molecule has 0 unspecified atom stereocenters. The van der Waals surface area contributed by atoms with E-state index in [4.69, 9.17) is 4.74 Å². The fourth-order valence-corrected chi connectivity index (χ4v) is 4.00. The second-order valence-corrected chi connectivity index (χ2v) is 6.91. The van der Waals surface area contributed by atoms with Crippen molar-refractivity contribution in [2.75, 3.05) is 19.7 Å². The molecule has 0 spiro atoms. The van der Waals surface area contributed by atoms with Crippen molar-refractivity contribution in [1.29, 1.82) is 0 Å². The number of rotatable bonds is 3. The van der Waals surface area contributed by atoms with Gasteiger partial charge in [0.1, 0.15) is 11.1 Å². The van der Waals surface area contributed by atoms with E-state index in [1.54, 1.807) is 34.2 Å². The average molecular weight is 334 g/mol. The van der Waals surface area contributed by atoms with E-state index in [1.807, 2.05) is 10.8 Å². The van der Waals surface area contributed by atoms with Gasteiger partial charge in [-0.05, 0) is 0 Å². The van der Waals surface area contributed by atoms with Crippen molar-refractivity contribution in [3.63, 3.8) is 0 Å². The van der Waals surface area contributed by atoms with Crippen molar-refractivity contribution < 1.29 is 4.74 Å². The topological polar surface area (TPSA) is 59.7 Å². The second-order valence-electron chi connectivity index (χ2n) is 5.11. The predicted molar refractivity (Wildman–Crippen MR) is 85.4 cm³/mol. The number of nitrogens with zero attached hydrogens (tertiary/aromatic N) is 4. The van der Waals surface area contributed by atoms with Crippen LogP contribution in [0.2, 0.25) is 0 Å². The summed E-state index contributed by atoms with van der Waals surface area (Å²) in [5.74, 6) is 0. The van der Waals surface area contributed by atoms with Gasteiger partial charge in [-0.3, -0.25) is 14.1 Å². The lowest BCUT2D eigenvalue weighted by atomic mass is 10.2. The standard InChI is InChI=1S/C14H14N4O2S2/c19-12-7-10(16-14-18(12)3-6-22-14)8-17-2-4-20-11(9-17)13-15-1-5-21-13/h1,3,5-7,11H,2,4,8-9H2/t11-/m1/s1. The zero-order valence-corrected chi connectivity index (χ0v) is 13.3. The van der Waals surface area contributed by atoms with Crippen LogP contribution in [0, 0.1) is 0 Å². The Morgan fingerprint density at radius 2 is 2.32 bits per heavy atom. The summed E-state index contributed by atoms with van der Waals surface area (Å²) < 4.78 is 7.37. The van der Waals surface area contributed by atoms with Crippen LogP contribution < -0.4 is 5.56 Å². The number of thiazole rings is 2. The van der Waals surface area contributed by atoms with Gasteiger partial charge in [0.2, 0.25) is 0 Å². The van der Waals surface area contributed by atoms with Gasteiger partial charge in [0, 0.05) is 48.9 Å². The summed E-state index contributed by atoms with van der Waals surface area (Å²) in [5.41, 5.74) is 0.790. The van der Waals surface area contributed by atoms with E-state index >= 15 is 0 Å². The Labute approximate surface area is 134 Å². The molecule has 0 N–H and O–H groups in total. The lowest BCUT2D eigenvalue weighted by Gasteiger charge is -2.31. The van der Waals surface area contributed by atoms with E-state index in [2.05, 4.69) is 14.9 Å². The minimum Gasteiger partial charge on any atom is -0.368 e. The first-order valence-corrected chi connectivity index (χ1v) is 8.75. The van der Waals surface area contributed by atoms with E-state index in [0.29, 0.717) is 13.2 Å². The Bertz CT molecular complexity index is 827.